The average Bonchev–Trinajstić information content (AvgIpc) is 2.94. The smallest absolute Gasteiger partial charge is 0.251 e. The first-order chi connectivity index (χ1) is 11.7. The molecule has 3 rings (SSSR count). The number of rotatable bonds is 5. The molecule has 0 fully saturated rings. The van der Waals surface area contributed by atoms with Gasteiger partial charge in [0, 0.05) is 23.4 Å². The molecule has 0 aliphatic carbocycles. The van der Waals surface area contributed by atoms with Gasteiger partial charge in [0.1, 0.15) is 5.75 Å². The number of para-hydroxylation sites is 2. The third-order valence-electron chi connectivity index (χ3n) is 4.23. The molecule has 3 heteroatoms. The standard InChI is InChI=1S/C21H23NO2/c1-3-14-24-20-11-7-5-8-17(20)12-13-21(23)22-16(2)15-18-9-4-6-10-19(18)22/h4-13,16H,3,14-15H2,1-2H3/b13-12+. The molecule has 2 aromatic rings. The van der Waals surface area contributed by atoms with Crippen molar-refractivity contribution in [2.75, 3.05) is 11.5 Å². The quantitative estimate of drug-likeness (QED) is 0.761. The predicted molar refractivity (Wildman–Crippen MR) is 98.4 cm³/mol. The highest BCUT2D eigenvalue weighted by atomic mass is 16.5. The fourth-order valence-corrected chi connectivity index (χ4v) is 3.10. The van der Waals surface area contributed by atoms with Gasteiger partial charge >= 0.3 is 0 Å². The van der Waals surface area contributed by atoms with Gasteiger partial charge in [-0.2, -0.15) is 0 Å². The predicted octanol–water partition coefficient (Wildman–Crippen LogP) is 4.47. The molecule has 124 valence electrons. The fourth-order valence-electron chi connectivity index (χ4n) is 3.10. The highest BCUT2D eigenvalue weighted by molar-refractivity contribution is 6.05. The van der Waals surface area contributed by atoms with Crippen LogP contribution in [0.2, 0.25) is 0 Å². The minimum atomic E-state index is 0.0118. The first kappa shape index (κ1) is 16.3. The van der Waals surface area contributed by atoms with Crippen molar-refractivity contribution >= 4 is 17.7 Å². The largest absolute Gasteiger partial charge is 0.493 e. The van der Waals surface area contributed by atoms with Gasteiger partial charge in [-0.05, 0) is 43.5 Å². The molecule has 1 heterocycles. The van der Waals surface area contributed by atoms with Crippen molar-refractivity contribution in [3.8, 4) is 5.75 Å². The minimum absolute atomic E-state index is 0.0118. The van der Waals surface area contributed by atoms with Crippen LogP contribution in [0.1, 0.15) is 31.4 Å². The first-order valence-electron chi connectivity index (χ1n) is 8.51. The monoisotopic (exact) mass is 321 g/mol. The van der Waals surface area contributed by atoms with Crippen LogP contribution in [-0.2, 0) is 11.2 Å². The summed E-state index contributed by atoms with van der Waals surface area (Å²) in [6, 6.07) is 16.1. The number of amides is 1. The molecule has 0 bridgehead atoms. The number of anilines is 1. The molecule has 3 nitrogen and oxygen atoms in total. The van der Waals surface area contributed by atoms with Gasteiger partial charge in [0.15, 0.2) is 0 Å². The molecular weight excluding hydrogens is 298 g/mol. The normalized spacial score (nSPS) is 16.4. The molecule has 1 atom stereocenters. The Balaban J connectivity index is 1.79. The van der Waals surface area contributed by atoms with Gasteiger partial charge in [0.25, 0.3) is 5.91 Å². The summed E-state index contributed by atoms with van der Waals surface area (Å²) in [6.45, 7) is 4.84. The summed E-state index contributed by atoms with van der Waals surface area (Å²) in [4.78, 5) is 14.6. The second-order valence-corrected chi connectivity index (χ2v) is 6.11. The molecule has 0 aromatic heterocycles. The van der Waals surface area contributed by atoms with Crippen molar-refractivity contribution in [1.29, 1.82) is 0 Å². The molecular formula is C21H23NO2. The third kappa shape index (κ3) is 3.35. The van der Waals surface area contributed by atoms with Crippen LogP contribution >= 0.6 is 0 Å². The molecule has 1 unspecified atom stereocenters. The minimum Gasteiger partial charge on any atom is -0.493 e. The molecule has 1 aliphatic heterocycles. The second kappa shape index (κ2) is 7.35. The van der Waals surface area contributed by atoms with E-state index in [-0.39, 0.29) is 11.9 Å². The summed E-state index contributed by atoms with van der Waals surface area (Å²) < 4.78 is 5.75. The zero-order valence-electron chi connectivity index (χ0n) is 14.2. The van der Waals surface area contributed by atoms with E-state index in [2.05, 4.69) is 19.9 Å². The molecule has 24 heavy (non-hydrogen) atoms. The Hall–Kier alpha value is -2.55. The maximum Gasteiger partial charge on any atom is 0.251 e. The van der Waals surface area contributed by atoms with Crippen LogP contribution in [-0.4, -0.2) is 18.6 Å². The zero-order valence-corrected chi connectivity index (χ0v) is 14.2. The van der Waals surface area contributed by atoms with Crippen LogP contribution in [0.4, 0.5) is 5.69 Å². The number of nitrogens with zero attached hydrogens (tertiary/aromatic N) is 1. The van der Waals surface area contributed by atoms with Gasteiger partial charge in [-0.25, -0.2) is 0 Å². The van der Waals surface area contributed by atoms with Gasteiger partial charge in [-0.3, -0.25) is 4.79 Å². The van der Waals surface area contributed by atoms with Crippen LogP contribution in [0.25, 0.3) is 6.08 Å². The van der Waals surface area contributed by atoms with E-state index in [0.29, 0.717) is 6.61 Å². The first-order valence-corrected chi connectivity index (χ1v) is 8.51. The van der Waals surface area contributed by atoms with Crippen LogP contribution in [0.5, 0.6) is 5.75 Å². The van der Waals surface area contributed by atoms with Gasteiger partial charge < -0.3 is 9.64 Å². The topological polar surface area (TPSA) is 29.5 Å². The summed E-state index contributed by atoms with van der Waals surface area (Å²) >= 11 is 0. The van der Waals surface area contributed by atoms with E-state index in [9.17, 15) is 4.79 Å². The lowest BCUT2D eigenvalue weighted by Gasteiger charge is -2.21. The molecule has 0 saturated carbocycles. The molecule has 1 amide bonds. The number of ether oxygens (including phenoxy) is 1. The number of benzene rings is 2. The van der Waals surface area contributed by atoms with E-state index in [1.165, 1.54) is 5.56 Å². The van der Waals surface area contributed by atoms with Crippen molar-refractivity contribution in [1.82, 2.24) is 0 Å². The summed E-state index contributed by atoms with van der Waals surface area (Å²) in [5, 5.41) is 0. The Morgan fingerprint density at radius 2 is 1.96 bits per heavy atom. The van der Waals surface area contributed by atoms with Crippen LogP contribution < -0.4 is 9.64 Å². The van der Waals surface area contributed by atoms with Gasteiger partial charge in [0.2, 0.25) is 0 Å². The van der Waals surface area contributed by atoms with Crippen LogP contribution in [0.3, 0.4) is 0 Å². The van der Waals surface area contributed by atoms with E-state index in [4.69, 9.17) is 4.74 Å². The average molecular weight is 321 g/mol. The van der Waals surface area contributed by atoms with Gasteiger partial charge in [-0.1, -0.05) is 43.3 Å². The Kier molecular flexibility index (Phi) is 4.99. The third-order valence-corrected chi connectivity index (χ3v) is 4.23. The number of fused-ring (bicyclic) bond motifs is 1. The number of hydrogen-bond acceptors (Lipinski definition) is 2. The fraction of sp³-hybridized carbons (Fsp3) is 0.286. The lowest BCUT2D eigenvalue weighted by molar-refractivity contribution is -0.114. The van der Waals surface area contributed by atoms with E-state index in [0.717, 1.165) is 29.8 Å². The van der Waals surface area contributed by atoms with E-state index in [1.807, 2.05) is 53.4 Å². The van der Waals surface area contributed by atoms with Crippen molar-refractivity contribution < 1.29 is 9.53 Å². The molecule has 2 aromatic carbocycles. The maximum absolute atomic E-state index is 12.7. The Bertz CT molecular complexity index is 751. The highest BCUT2D eigenvalue weighted by Crippen LogP contribution is 2.32. The maximum atomic E-state index is 12.7. The highest BCUT2D eigenvalue weighted by Gasteiger charge is 2.29. The lowest BCUT2D eigenvalue weighted by Crippen LogP contribution is -2.34. The number of carbonyl (C=O) groups excluding carboxylic acids is 1. The van der Waals surface area contributed by atoms with E-state index >= 15 is 0 Å². The Morgan fingerprint density at radius 1 is 1.21 bits per heavy atom. The van der Waals surface area contributed by atoms with Crippen molar-refractivity contribution in [2.24, 2.45) is 0 Å². The number of carbonyl (C=O) groups is 1. The van der Waals surface area contributed by atoms with Crippen LogP contribution in [0.15, 0.2) is 54.6 Å². The number of hydrogen-bond donors (Lipinski definition) is 0. The molecule has 1 aliphatic rings. The SMILES string of the molecule is CCCOc1ccccc1/C=C/C(=O)N1c2ccccc2CC1C. The van der Waals surface area contributed by atoms with E-state index in [1.54, 1.807) is 6.08 Å². The molecule has 0 spiro atoms. The lowest BCUT2D eigenvalue weighted by atomic mass is 10.1. The van der Waals surface area contributed by atoms with Gasteiger partial charge in [-0.15, -0.1) is 0 Å². The van der Waals surface area contributed by atoms with Crippen LogP contribution in [0, 0.1) is 0 Å². The van der Waals surface area contributed by atoms with Crippen molar-refractivity contribution in [3.63, 3.8) is 0 Å². The zero-order chi connectivity index (χ0) is 16.9. The summed E-state index contributed by atoms with van der Waals surface area (Å²) in [7, 11) is 0. The molecule has 0 radical (unpaired) electrons. The van der Waals surface area contributed by atoms with Gasteiger partial charge in [0.05, 0.1) is 6.61 Å². The van der Waals surface area contributed by atoms with E-state index < -0.39 is 0 Å². The Morgan fingerprint density at radius 3 is 2.79 bits per heavy atom. The molecule has 0 N–H and O–H groups in total. The van der Waals surface area contributed by atoms with Crippen molar-refractivity contribution in [3.05, 3.63) is 65.7 Å². The second-order valence-electron chi connectivity index (χ2n) is 6.11. The summed E-state index contributed by atoms with van der Waals surface area (Å²) in [5.41, 5.74) is 3.19. The summed E-state index contributed by atoms with van der Waals surface area (Å²) in [5.74, 6) is 0.830. The summed E-state index contributed by atoms with van der Waals surface area (Å²) in [6.07, 6.45) is 5.36. The molecule has 0 saturated heterocycles. The van der Waals surface area contributed by atoms with Crippen molar-refractivity contribution in [2.45, 2.75) is 32.7 Å². The Labute approximate surface area is 143 Å².